The lowest BCUT2D eigenvalue weighted by Crippen LogP contribution is -2.20. The van der Waals surface area contributed by atoms with Crippen LogP contribution in [-0.2, 0) is 4.79 Å². The summed E-state index contributed by atoms with van der Waals surface area (Å²) in [5.41, 5.74) is 6.41. The van der Waals surface area contributed by atoms with E-state index < -0.39 is 0 Å². The molecule has 164 valence electrons. The molecule has 5 nitrogen and oxygen atoms in total. The van der Waals surface area contributed by atoms with Gasteiger partial charge in [-0.3, -0.25) is 4.79 Å². The van der Waals surface area contributed by atoms with Gasteiger partial charge >= 0.3 is 0 Å². The van der Waals surface area contributed by atoms with Crippen LogP contribution in [0.4, 0.5) is 5.69 Å². The van der Waals surface area contributed by atoms with Gasteiger partial charge in [0.05, 0.1) is 0 Å². The van der Waals surface area contributed by atoms with E-state index in [9.17, 15) is 4.79 Å². The first-order chi connectivity index (χ1) is 15.4. The van der Waals surface area contributed by atoms with Gasteiger partial charge in [0.25, 0.3) is 5.91 Å². The number of carbonyl (C=O) groups is 1. The van der Waals surface area contributed by atoms with Crippen molar-refractivity contribution in [3.05, 3.63) is 77.4 Å². The Bertz CT molecular complexity index is 1240. The maximum absolute atomic E-state index is 12.5. The van der Waals surface area contributed by atoms with Crippen LogP contribution in [-0.4, -0.2) is 17.5 Å². The summed E-state index contributed by atoms with van der Waals surface area (Å²) < 4.78 is 11.6. The second kappa shape index (κ2) is 9.27. The molecular formula is C27H28N2O3. The number of ether oxygens (including phenoxy) is 1. The molecule has 4 aromatic rings. The zero-order valence-electron chi connectivity index (χ0n) is 18.9. The Kier molecular flexibility index (Phi) is 6.26. The molecule has 32 heavy (non-hydrogen) atoms. The van der Waals surface area contributed by atoms with Crippen molar-refractivity contribution in [2.45, 2.75) is 40.0 Å². The third-order valence-electron chi connectivity index (χ3n) is 5.73. The highest BCUT2D eigenvalue weighted by Crippen LogP contribution is 2.28. The molecule has 1 unspecified atom stereocenters. The molecule has 0 aliphatic carbocycles. The van der Waals surface area contributed by atoms with Gasteiger partial charge in [-0.2, -0.15) is 0 Å². The smallest absolute Gasteiger partial charge is 0.262 e. The Balaban J connectivity index is 1.43. The average Bonchev–Trinajstić information content (AvgIpc) is 3.22. The van der Waals surface area contributed by atoms with Crippen LogP contribution < -0.4 is 10.1 Å². The van der Waals surface area contributed by atoms with E-state index in [1.54, 1.807) is 0 Å². The fourth-order valence-electron chi connectivity index (χ4n) is 3.51. The molecule has 1 atom stereocenters. The number of aromatic nitrogens is 1. The quantitative estimate of drug-likeness (QED) is 0.358. The van der Waals surface area contributed by atoms with Crippen molar-refractivity contribution < 1.29 is 13.9 Å². The van der Waals surface area contributed by atoms with Gasteiger partial charge < -0.3 is 14.5 Å². The molecule has 0 saturated carbocycles. The molecule has 1 N–H and O–H groups in total. The molecule has 0 bridgehead atoms. The Morgan fingerprint density at radius 2 is 1.84 bits per heavy atom. The zero-order valence-corrected chi connectivity index (χ0v) is 18.9. The molecule has 4 rings (SSSR count). The van der Waals surface area contributed by atoms with Gasteiger partial charge in [-0.1, -0.05) is 38.1 Å². The van der Waals surface area contributed by atoms with Crippen LogP contribution in [0.15, 0.2) is 65.1 Å². The number of aryl methyl sites for hydroxylation is 2. The summed E-state index contributed by atoms with van der Waals surface area (Å²) in [6, 6.07) is 19.6. The van der Waals surface area contributed by atoms with Crippen LogP contribution in [0.2, 0.25) is 0 Å². The molecule has 0 aliphatic rings. The first-order valence-electron chi connectivity index (χ1n) is 10.9. The van der Waals surface area contributed by atoms with E-state index >= 15 is 0 Å². The van der Waals surface area contributed by atoms with Crippen molar-refractivity contribution in [1.29, 1.82) is 0 Å². The highest BCUT2D eigenvalue weighted by atomic mass is 16.5. The minimum Gasteiger partial charge on any atom is -0.484 e. The molecule has 1 aromatic heterocycles. The summed E-state index contributed by atoms with van der Waals surface area (Å²) in [5.74, 6) is 1.50. The largest absolute Gasteiger partial charge is 0.484 e. The number of rotatable bonds is 7. The zero-order chi connectivity index (χ0) is 22.7. The van der Waals surface area contributed by atoms with Crippen molar-refractivity contribution in [2.24, 2.45) is 0 Å². The van der Waals surface area contributed by atoms with Crippen molar-refractivity contribution in [2.75, 3.05) is 11.9 Å². The number of nitrogens with one attached hydrogen (secondary N) is 1. The number of fused-ring (bicyclic) bond motifs is 1. The second-order valence-electron chi connectivity index (χ2n) is 8.24. The van der Waals surface area contributed by atoms with E-state index in [0.29, 0.717) is 23.2 Å². The highest BCUT2D eigenvalue weighted by molar-refractivity contribution is 5.93. The minimum atomic E-state index is -0.218. The number of anilines is 1. The maximum atomic E-state index is 12.5. The summed E-state index contributed by atoms with van der Waals surface area (Å²) >= 11 is 0. The summed E-state index contributed by atoms with van der Waals surface area (Å²) in [4.78, 5) is 17.1. The number of benzene rings is 3. The highest BCUT2D eigenvalue weighted by Gasteiger charge is 2.12. The average molecular weight is 429 g/mol. The van der Waals surface area contributed by atoms with E-state index in [1.807, 2.05) is 62.4 Å². The van der Waals surface area contributed by atoms with E-state index in [1.165, 1.54) is 5.56 Å². The van der Waals surface area contributed by atoms with Gasteiger partial charge in [0, 0.05) is 11.3 Å². The lowest BCUT2D eigenvalue weighted by Gasteiger charge is -2.12. The number of amides is 1. The fraction of sp³-hybridized carbons (Fsp3) is 0.259. The van der Waals surface area contributed by atoms with Crippen molar-refractivity contribution in [3.8, 4) is 17.2 Å². The van der Waals surface area contributed by atoms with E-state index in [4.69, 9.17) is 9.15 Å². The molecule has 0 radical (unpaired) electrons. The van der Waals surface area contributed by atoms with Crippen LogP contribution in [0, 0.1) is 13.8 Å². The van der Waals surface area contributed by atoms with Crippen LogP contribution in [0.25, 0.3) is 22.6 Å². The fourth-order valence-corrected chi connectivity index (χ4v) is 3.51. The SMILES string of the molecule is CCC(C)c1ccc(OCC(=O)Nc2cc(-c3nc4ccc(C)cc4o3)ccc2C)cc1. The number of carbonyl (C=O) groups excluding carboxylic acids is 1. The minimum absolute atomic E-state index is 0.0610. The van der Waals surface area contributed by atoms with Crippen LogP contribution in [0.1, 0.15) is 42.9 Å². The van der Waals surface area contributed by atoms with Gasteiger partial charge in [-0.25, -0.2) is 4.98 Å². The van der Waals surface area contributed by atoms with Gasteiger partial charge in [0.1, 0.15) is 11.3 Å². The summed E-state index contributed by atoms with van der Waals surface area (Å²) in [6.45, 7) is 8.27. The summed E-state index contributed by atoms with van der Waals surface area (Å²) in [7, 11) is 0. The standard InChI is InChI=1S/C27H28N2O3/c1-5-18(3)20-9-11-22(12-10-20)31-16-26(30)28-24-15-21(8-7-19(24)4)27-29-23-13-6-17(2)14-25(23)32-27/h6-15,18H,5,16H2,1-4H3,(H,28,30). The molecule has 5 heteroatoms. The molecule has 0 saturated heterocycles. The predicted octanol–water partition coefficient (Wildman–Crippen LogP) is 6.64. The Morgan fingerprint density at radius 1 is 1.06 bits per heavy atom. The summed E-state index contributed by atoms with van der Waals surface area (Å²) in [5, 5.41) is 2.94. The van der Waals surface area contributed by atoms with Crippen LogP contribution in [0.3, 0.4) is 0 Å². The topological polar surface area (TPSA) is 64.4 Å². The van der Waals surface area contributed by atoms with E-state index in [0.717, 1.165) is 34.2 Å². The maximum Gasteiger partial charge on any atom is 0.262 e. The van der Waals surface area contributed by atoms with Gasteiger partial charge in [-0.05, 0) is 79.3 Å². The predicted molar refractivity (Wildman–Crippen MR) is 128 cm³/mol. The number of nitrogens with zero attached hydrogens (tertiary/aromatic N) is 1. The molecule has 3 aromatic carbocycles. The number of hydrogen-bond donors (Lipinski definition) is 1. The first-order valence-corrected chi connectivity index (χ1v) is 10.9. The summed E-state index contributed by atoms with van der Waals surface area (Å²) in [6.07, 6.45) is 1.09. The van der Waals surface area contributed by atoms with Crippen molar-refractivity contribution >= 4 is 22.7 Å². The molecule has 1 amide bonds. The molecule has 0 spiro atoms. The van der Waals surface area contributed by atoms with Gasteiger partial charge in [0.15, 0.2) is 12.2 Å². The van der Waals surface area contributed by atoms with Crippen LogP contribution >= 0.6 is 0 Å². The van der Waals surface area contributed by atoms with Crippen LogP contribution in [0.5, 0.6) is 5.75 Å². The Morgan fingerprint density at radius 3 is 2.59 bits per heavy atom. The Hall–Kier alpha value is -3.60. The third-order valence-corrected chi connectivity index (χ3v) is 5.73. The van der Waals surface area contributed by atoms with Gasteiger partial charge in [-0.15, -0.1) is 0 Å². The van der Waals surface area contributed by atoms with Crippen molar-refractivity contribution in [3.63, 3.8) is 0 Å². The third kappa shape index (κ3) is 4.83. The molecular weight excluding hydrogens is 400 g/mol. The number of oxazole rings is 1. The van der Waals surface area contributed by atoms with Gasteiger partial charge in [0.2, 0.25) is 5.89 Å². The van der Waals surface area contributed by atoms with E-state index in [-0.39, 0.29) is 12.5 Å². The first kappa shape index (κ1) is 21.6. The monoisotopic (exact) mass is 428 g/mol. The molecule has 1 heterocycles. The second-order valence-corrected chi connectivity index (χ2v) is 8.24. The molecule has 0 fully saturated rings. The van der Waals surface area contributed by atoms with E-state index in [2.05, 4.69) is 36.3 Å². The lowest BCUT2D eigenvalue weighted by molar-refractivity contribution is -0.118. The number of hydrogen-bond acceptors (Lipinski definition) is 4. The van der Waals surface area contributed by atoms with Crippen molar-refractivity contribution in [1.82, 2.24) is 4.98 Å². The molecule has 0 aliphatic heterocycles. The normalized spacial score (nSPS) is 12.0. The Labute approximate surface area is 188 Å². The lowest BCUT2D eigenvalue weighted by atomic mass is 9.99.